The van der Waals surface area contributed by atoms with Gasteiger partial charge in [0.25, 0.3) is 0 Å². The van der Waals surface area contributed by atoms with Crippen LogP contribution in [0.3, 0.4) is 0 Å². The van der Waals surface area contributed by atoms with Crippen molar-refractivity contribution in [3.63, 3.8) is 0 Å². The first-order valence-corrected chi connectivity index (χ1v) is 11.3. The number of thiophene rings is 1. The third-order valence-electron chi connectivity index (χ3n) is 5.57. The fraction of sp³-hybridized carbons (Fsp3) is 0.160. The lowest BCUT2D eigenvalue weighted by Crippen LogP contribution is -2.19. The standard InChI is InChI=1S/C25H19F2N3O2S/c26-18-7-4-14(11-19(18)27)12-22(32)29-25-24(21-2-1-9-33-21)30-23-17-6-3-15(13-31)10-16(17)5-8-20(23)28-25/h1-4,6-7,9-11,31H,5,8,12-13H2,(H,28,29,32). The summed E-state index contributed by atoms with van der Waals surface area (Å²) < 4.78 is 26.7. The number of anilines is 1. The summed E-state index contributed by atoms with van der Waals surface area (Å²) in [5.41, 5.74) is 5.40. The average molecular weight is 464 g/mol. The van der Waals surface area contributed by atoms with Gasteiger partial charge in [-0.3, -0.25) is 4.79 Å². The van der Waals surface area contributed by atoms with Gasteiger partial charge < -0.3 is 10.4 Å². The van der Waals surface area contributed by atoms with Crippen molar-refractivity contribution in [1.82, 2.24) is 9.97 Å². The SMILES string of the molecule is O=C(Cc1ccc(F)c(F)c1)Nc1nc2c(nc1-c1cccs1)-c1ccc(CO)cc1CC2. The first-order valence-electron chi connectivity index (χ1n) is 10.4. The van der Waals surface area contributed by atoms with Crippen LogP contribution in [0.2, 0.25) is 0 Å². The molecule has 166 valence electrons. The van der Waals surface area contributed by atoms with Crippen molar-refractivity contribution in [3.8, 4) is 21.8 Å². The van der Waals surface area contributed by atoms with Gasteiger partial charge in [0.15, 0.2) is 17.5 Å². The van der Waals surface area contributed by atoms with E-state index in [4.69, 9.17) is 9.97 Å². The maximum atomic E-state index is 13.5. The fourth-order valence-corrected chi connectivity index (χ4v) is 4.69. The van der Waals surface area contributed by atoms with Gasteiger partial charge in [0.05, 0.1) is 29.3 Å². The molecule has 0 unspecified atom stereocenters. The normalized spacial score (nSPS) is 12.2. The third kappa shape index (κ3) is 4.27. The molecule has 2 aromatic heterocycles. The van der Waals surface area contributed by atoms with Crippen LogP contribution in [-0.2, 0) is 30.7 Å². The van der Waals surface area contributed by atoms with E-state index < -0.39 is 17.5 Å². The molecule has 0 saturated carbocycles. The second kappa shape index (κ2) is 8.80. The van der Waals surface area contributed by atoms with Crippen LogP contribution >= 0.6 is 11.3 Å². The number of aliphatic hydroxyl groups is 1. The highest BCUT2D eigenvalue weighted by atomic mass is 32.1. The lowest BCUT2D eigenvalue weighted by molar-refractivity contribution is -0.115. The molecule has 0 aliphatic heterocycles. The number of fused-ring (bicyclic) bond motifs is 3. The zero-order valence-corrected chi connectivity index (χ0v) is 18.3. The molecule has 2 aromatic carbocycles. The molecule has 0 saturated heterocycles. The summed E-state index contributed by atoms with van der Waals surface area (Å²) in [4.78, 5) is 23.2. The summed E-state index contributed by atoms with van der Waals surface area (Å²) >= 11 is 1.48. The van der Waals surface area contributed by atoms with Crippen molar-refractivity contribution in [2.75, 3.05) is 5.32 Å². The number of nitrogens with one attached hydrogen (secondary N) is 1. The van der Waals surface area contributed by atoms with Crippen LogP contribution in [0, 0.1) is 11.6 Å². The quantitative estimate of drug-likeness (QED) is 0.441. The number of aromatic nitrogens is 2. The molecule has 0 fully saturated rings. The van der Waals surface area contributed by atoms with Gasteiger partial charge in [-0.2, -0.15) is 0 Å². The number of halogens is 2. The molecule has 0 bridgehead atoms. The van der Waals surface area contributed by atoms with Crippen LogP contribution < -0.4 is 5.32 Å². The van der Waals surface area contributed by atoms with Gasteiger partial charge in [0.2, 0.25) is 5.91 Å². The first kappa shape index (κ1) is 21.4. The predicted molar refractivity (Wildman–Crippen MR) is 123 cm³/mol. The molecule has 1 aliphatic rings. The molecule has 0 atom stereocenters. The van der Waals surface area contributed by atoms with E-state index in [1.54, 1.807) is 0 Å². The van der Waals surface area contributed by atoms with Gasteiger partial charge in [-0.25, -0.2) is 18.7 Å². The monoisotopic (exact) mass is 463 g/mol. The van der Waals surface area contributed by atoms with Gasteiger partial charge in [0, 0.05) is 5.56 Å². The van der Waals surface area contributed by atoms with Crippen LogP contribution in [0.15, 0.2) is 53.9 Å². The maximum absolute atomic E-state index is 13.5. The van der Waals surface area contributed by atoms with Crippen LogP contribution in [0.4, 0.5) is 14.6 Å². The molecule has 2 N–H and O–H groups in total. The Morgan fingerprint density at radius 2 is 1.85 bits per heavy atom. The van der Waals surface area contributed by atoms with Gasteiger partial charge >= 0.3 is 0 Å². The Morgan fingerprint density at radius 1 is 1.00 bits per heavy atom. The van der Waals surface area contributed by atoms with Crippen LogP contribution in [0.5, 0.6) is 0 Å². The molecule has 5 nitrogen and oxygen atoms in total. The average Bonchev–Trinajstić information content (AvgIpc) is 3.35. The Labute approximate surface area is 192 Å². The zero-order valence-electron chi connectivity index (χ0n) is 17.4. The van der Waals surface area contributed by atoms with Gasteiger partial charge in [-0.1, -0.05) is 30.3 Å². The minimum absolute atomic E-state index is 0.0187. The van der Waals surface area contributed by atoms with Crippen molar-refractivity contribution in [1.29, 1.82) is 0 Å². The Kier molecular flexibility index (Phi) is 5.70. The number of hydrogen-bond donors (Lipinski definition) is 2. The molecular weight excluding hydrogens is 444 g/mol. The Balaban J connectivity index is 1.51. The number of aliphatic hydroxyl groups excluding tert-OH is 1. The van der Waals surface area contributed by atoms with Crippen molar-refractivity contribution < 1.29 is 18.7 Å². The van der Waals surface area contributed by atoms with E-state index in [9.17, 15) is 18.7 Å². The molecule has 2 heterocycles. The zero-order chi connectivity index (χ0) is 22.9. The Hall–Kier alpha value is -3.49. The number of carbonyl (C=O) groups is 1. The Morgan fingerprint density at radius 3 is 2.61 bits per heavy atom. The predicted octanol–water partition coefficient (Wildman–Crippen LogP) is 4.92. The van der Waals surface area contributed by atoms with Crippen molar-refractivity contribution in [2.45, 2.75) is 25.9 Å². The summed E-state index contributed by atoms with van der Waals surface area (Å²) in [7, 11) is 0. The molecule has 8 heteroatoms. The molecule has 1 aliphatic carbocycles. The molecule has 0 spiro atoms. The van der Waals surface area contributed by atoms with E-state index in [1.165, 1.54) is 17.4 Å². The van der Waals surface area contributed by atoms with Crippen molar-refractivity contribution in [3.05, 3.63) is 87.9 Å². The van der Waals surface area contributed by atoms with Gasteiger partial charge in [0.1, 0.15) is 5.69 Å². The topological polar surface area (TPSA) is 75.1 Å². The molecule has 1 amide bonds. The molecule has 5 rings (SSSR count). The van der Waals surface area contributed by atoms with E-state index in [0.29, 0.717) is 23.5 Å². The fourth-order valence-electron chi connectivity index (χ4n) is 3.98. The minimum Gasteiger partial charge on any atom is -0.392 e. The summed E-state index contributed by atoms with van der Waals surface area (Å²) in [6, 6.07) is 13.0. The largest absolute Gasteiger partial charge is 0.392 e. The number of nitrogens with zero attached hydrogens (tertiary/aromatic N) is 2. The van der Waals surface area contributed by atoms with E-state index >= 15 is 0 Å². The van der Waals surface area contributed by atoms with Crippen molar-refractivity contribution in [2.24, 2.45) is 0 Å². The summed E-state index contributed by atoms with van der Waals surface area (Å²) in [6.07, 6.45) is 1.29. The molecule has 0 radical (unpaired) electrons. The van der Waals surface area contributed by atoms with E-state index in [-0.39, 0.29) is 13.0 Å². The third-order valence-corrected chi connectivity index (χ3v) is 6.44. The van der Waals surface area contributed by atoms with Crippen LogP contribution in [0.1, 0.15) is 22.4 Å². The summed E-state index contributed by atoms with van der Waals surface area (Å²) in [5.74, 6) is -1.99. The number of rotatable bonds is 5. The van der Waals surface area contributed by atoms with E-state index in [0.717, 1.165) is 51.5 Å². The maximum Gasteiger partial charge on any atom is 0.230 e. The summed E-state index contributed by atoms with van der Waals surface area (Å²) in [6.45, 7) is -0.0187. The van der Waals surface area contributed by atoms with Gasteiger partial charge in [-0.15, -0.1) is 11.3 Å². The highest BCUT2D eigenvalue weighted by molar-refractivity contribution is 7.13. The highest BCUT2D eigenvalue weighted by Crippen LogP contribution is 2.37. The van der Waals surface area contributed by atoms with E-state index in [1.807, 2.05) is 35.7 Å². The van der Waals surface area contributed by atoms with Crippen molar-refractivity contribution >= 4 is 23.1 Å². The molecule has 4 aromatic rings. The molecular formula is C25H19F2N3O2S. The number of hydrogen-bond acceptors (Lipinski definition) is 5. The van der Waals surface area contributed by atoms with Crippen LogP contribution in [-0.4, -0.2) is 21.0 Å². The van der Waals surface area contributed by atoms with Crippen LogP contribution in [0.25, 0.3) is 21.8 Å². The number of benzene rings is 2. The second-order valence-corrected chi connectivity index (χ2v) is 8.76. The number of aryl methyl sites for hydroxylation is 2. The number of carbonyl (C=O) groups excluding carboxylic acids is 1. The first-order chi connectivity index (χ1) is 16.0. The van der Waals surface area contributed by atoms with Gasteiger partial charge in [-0.05, 0) is 53.1 Å². The summed E-state index contributed by atoms with van der Waals surface area (Å²) in [5, 5.41) is 14.2. The minimum atomic E-state index is -0.990. The lowest BCUT2D eigenvalue weighted by atomic mass is 9.90. The highest BCUT2D eigenvalue weighted by Gasteiger charge is 2.24. The smallest absolute Gasteiger partial charge is 0.230 e. The van der Waals surface area contributed by atoms with E-state index in [2.05, 4.69) is 5.32 Å². The molecule has 33 heavy (non-hydrogen) atoms. The number of amides is 1. The lowest BCUT2D eigenvalue weighted by Gasteiger charge is -2.21. The second-order valence-electron chi connectivity index (χ2n) is 7.82. The Bertz CT molecular complexity index is 1360.